The molecule has 1 aromatic rings. The largest absolute Gasteiger partial charge is 0.464 e. The number of nitrogens with zero attached hydrogens (tertiary/aromatic N) is 1. The minimum atomic E-state index is -3.28. The van der Waals surface area contributed by atoms with E-state index in [1.807, 2.05) is 0 Å². The van der Waals surface area contributed by atoms with Gasteiger partial charge in [-0.15, -0.1) is 11.3 Å². The number of carbonyl (C=O) groups is 1. The number of methoxy groups -OCH3 is 1. The third-order valence-corrected chi connectivity index (χ3v) is 3.77. The molecule has 0 atom stereocenters. The van der Waals surface area contributed by atoms with Crippen molar-refractivity contribution in [2.45, 2.75) is 19.4 Å². The lowest BCUT2D eigenvalue weighted by Gasteiger charge is -2.25. The first-order valence-corrected chi connectivity index (χ1v) is 8.17. The monoisotopic (exact) mass is 307 g/mol. The second kappa shape index (κ2) is 5.85. The van der Waals surface area contributed by atoms with E-state index < -0.39 is 21.5 Å². The number of sulfonamides is 1. The average molecular weight is 307 g/mol. The molecule has 2 N–H and O–H groups in total. The van der Waals surface area contributed by atoms with Gasteiger partial charge in [0.15, 0.2) is 10.8 Å². The summed E-state index contributed by atoms with van der Waals surface area (Å²) < 4.78 is 29.4. The summed E-state index contributed by atoms with van der Waals surface area (Å²) in [5.74, 6) is -0.502. The van der Waals surface area contributed by atoms with Crippen LogP contribution >= 0.6 is 11.3 Å². The molecule has 0 amide bonds. The molecule has 1 aromatic heterocycles. The summed E-state index contributed by atoms with van der Waals surface area (Å²) in [5, 5.41) is 5.09. The minimum Gasteiger partial charge on any atom is -0.464 e. The fraction of sp³-hybridized carbons (Fsp3) is 0.600. The number of anilines is 1. The van der Waals surface area contributed by atoms with Crippen molar-refractivity contribution >= 4 is 32.5 Å². The summed E-state index contributed by atoms with van der Waals surface area (Å²) in [5.41, 5.74) is -0.436. The van der Waals surface area contributed by atoms with Crippen LogP contribution in [0.25, 0.3) is 0 Å². The van der Waals surface area contributed by atoms with E-state index >= 15 is 0 Å². The molecular formula is C10H17N3O4S2. The summed E-state index contributed by atoms with van der Waals surface area (Å²) in [6.45, 7) is 3.83. The highest BCUT2D eigenvalue weighted by atomic mass is 32.2. The fourth-order valence-electron chi connectivity index (χ4n) is 1.39. The van der Waals surface area contributed by atoms with Crippen LogP contribution in [-0.2, 0) is 14.8 Å². The van der Waals surface area contributed by atoms with Gasteiger partial charge in [-0.2, -0.15) is 0 Å². The number of hydrogen-bond acceptors (Lipinski definition) is 7. The molecule has 0 bridgehead atoms. The maximum Gasteiger partial charge on any atom is 0.357 e. The molecular weight excluding hydrogens is 290 g/mol. The molecule has 9 heteroatoms. The molecule has 0 saturated heterocycles. The van der Waals surface area contributed by atoms with Crippen LogP contribution in [0, 0.1) is 0 Å². The highest BCUT2D eigenvalue weighted by Gasteiger charge is 2.22. The molecule has 0 aromatic carbocycles. The Hall–Kier alpha value is -1.19. The number of aromatic nitrogens is 1. The van der Waals surface area contributed by atoms with E-state index in [4.69, 9.17) is 0 Å². The molecule has 0 saturated carbocycles. The van der Waals surface area contributed by atoms with E-state index in [9.17, 15) is 13.2 Å². The lowest BCUT2D eigenvalue weighted by Crippen LogP contribution is -2.47. The summed E-state index contributed by atoms with van der Waals surface area (Å²) in [7, 11) is -1.99. The SMILES string of the molecule is COC(=O)c1csc(NCC(C)(C)NS(C)(=O)=O)n1. The van der Waals surface area contributed by atoms with Gasteiger partial charge in [-0.25, -0.2) is 22.9 Å². The van der Waals surface area contributed by atoms with Crippen molar-refractivity contribution in [2.24, 2.45) is 0 Å². The van der Waals surface area contributed by atoms with E-state index in [0.717, 1.165) is 6.26 Å². The highest BCUT2D eigenvalue weighted by molar-refractivity contribution is 7.88. The Morgan fingerprint density at radius 1 is 1.53 bits per heavy atom. The molecule has 0 aliphatic rings. The Kier molecular flexibility index (Phi) is 4.88. The van der Waals surface area contributed by atoms with Crippen LogP contribution < -0.4 is 10.0 Å². The van der Waals surface area contributed by atoms with E-state index in [1.54, 1.807) is 19.2 Å². The molecule has 0 spiro atoms. The van der Waals surface area contributed by atoms with E-state index in [1.165, 1.54) is 18.4 Å². The van der Waals surface area contributed by atoms with Crippen molar-refractivity contribution in [1.82, 2.24) is 9.71 Å². The normalized spacial score (nSPS) is 12.2. The zero-order valence-electron chi connectivity index (χ0n) is 11.2. The smallest absolute Gasteiger partial charge is 0.357 e. The summed E-state index contributed by atoms with van der Waals surface area (Å²) >= 11 is 1.25. The van der Waals surface area contributed by atoms with Crippen molar-refractivity contribution in [3.05, 3.63) is 11.1 Å². The van der Waals surface area contributed by atoms with Crippen LogP contribution in [0.4, 0.5) is 5.13 Å². The topological polar surface area (TPSA) is 97.4 Å². The van der Waals surface area contributed by atoms with Crippen LogP contribution in [0.1, 0.15) is 24.3 Å². The number of hydrogen-bond donors (Lipinski definition) is 2. The van der Waals surface area contributed by atoms with Gasteiger partial charge in [-0.3, -0.25) is 0 Å². The van der Waals surface area contributed by atoms with Crippen LogP contribution in [0.3, 0.4) is 0 Å². The maximum absolute atomic E-state index is 11.2. The molecule has 1 rings (SSSR count). The third kappa shape index (κ3) is 5.53. The molecule has 0 unspecified atom stereocenters. The second-order valence-corrected chi connectivity index (χ2v) is 7.25. The molecule has 19 heavy (non-hydrogen) atoms. The molecule has 1 heterocycles. The van der Waals surface area contributed by atoms with E-state index in [-0.39, 0.29) is 5.69 Å². The second-order valence-electron chi connectivity index (χ2n) is 4.64. The number of nitrogens with one attached hydrogen (secondary N) is 2. The summed E-state index contributed by atoms with van der Waals surface area (Å²) in [4.78, 5) is 15.3. The van der Waals surface area contributed by atoms with Gasteiger partial charge in [-0.05, 0) is 13.8 Å². The van der Waals surface area contributed by atoms with Crippen LogP contribution in [0.2, 0.25) is 0 Å². The number of carbonyl (C=O) groups excluding carboxylic acids is 1. The van der Waals surface area contributed by atoms with E-state index in [2.05, 4.69) is 19.8 Å². The Labute approximate surface area is 116 Å². The van der Waals surface area contributed by atoms with E-state index in [0.29, 0.717) is 11.7 Å². The predicted molar refractivity (Wildman–Crippen MR) is 74.0 cm³/mol. The Morgan fingerprint density at radius 2 is 2.16 bits per heavy atom. The van der Waals surface area contributed by atoms with Gasteiger partial charge in [0.05, 0.1) is 13.4 Å². The van der Waals surface area contributed by atoms with Crippen LogP contribution in [0.5, 0.6) is 0 Å². The number of rotatable bonds is 6. The lowest BCUT2D eigenvalue weighted by molar-refractivity contribution is 0.0595. The Balaban J connectivity index is 2.62. The van der Waals surface area contributed by atoms with Gasteiger partial charge in [0.25, 0.3) is 0 Å². The third-order valence-electron chi connectivity index (χ3n) is 2.04. The quantitative estimate of drug-likeness (QED) is 0.750. The number of ether oxygens (including phenoxy) is 1. The van der Waals surface area contributed by atoms with Gasteiger partial charge in [0.2, 0.25) is 10.0 Å². The first-order valence-electron chi connectivity index (χ1n) is 5.40. The molecule has 0 fully saturated rings. The maximum atomic E-state index is 11.2. The number of thiazole rings is 1. The van der Waals surface area contributed by atoms with Gasteiger partial charge in [0, 0.05) is 17.5 Å². The summed E-state index contributed by atoms with van der Waals surface area (Å²) in [6.07, 6.45) is 1.10. The van der Waals surface area contributed by atoms with Crippen LogP contribution in [-0.4, -0.2) is 44.8 Å². The first-order chi connectivity index (χ1) is 8.63. The highest BCUT2D eigenvalue weighted by Crippen LogP contribution is 2.17. The molecule has 0 aliphatic carbocycles. The minimum absolute atomic E-state index is 0.226. The van der Waals surface area contributed by atoms with Crippen molar-refractivity contribution in [3.8, 4) is 0 Å². The van der Waals surface area contributed by atoms with Crippen molar-refractivity contribution in [1.29, 1.82) is 0 Å². The molecule has 0 aliphatic heterocycles. The predicted octanol–water partition coefficient (Wildman–Crippen LogP) is 0.669. The zero-order valence-corrected chi connectivity index (χ0v) is 12.8. The average Bonchev–Trinajstić information content (AvgIpc) is 2.71. The van der Waals surface area contributed by atoms with Crippen LogP contribution in [0.15, 0.2) is 5.38 Å². The molecule has 108 valence electrons. The van der Waals surface area contributed by atoms with Crippen molar-refractivity contribution in [2.75, 3.05) is 25.2 Å². The van der Waals surface area contributed by atoms with Crippen molar-refractivity contribution < 1.29 is 17.9 Å². The van der Waals surface area contributed by atoms with Gasteiger partial charge in [-0.1, -0.05) is 0 Å². The standard InChI is InChI=1S/C10H17N3O4S2/c1-10(2,13-19(4,15)16)6-11-9-12-7(5-18-9)8(14)17-3/h5,13H,6H2,1-4H3,(H,11,12). The molecule has 0 radical (unpaired) electrons. The number of esters is 1. The van der Waals surface area contributed by atoms with Crippen molar-refractivity contribution in [3.63, 3.8) is 0 Å². The first kappa shape index (κ1) is 15.9. The Bertz CT molecular complexity index is 551. The fourth-order valence-corrected chi connectivity index (χ4v) is 3.14. The van der Waals surface area contributed by atoms with Gasteiger partial charge in [0.1, 0.15) is 0 Å². The zero-order chi connectivity index (χ0) is 14.7. The molecule has 7 nitrogen and oxygen atoms in total. The lowest BCUT2D eigenvalue weighted by atomic mass is 10.1. The Morgan fingerprint density at radius 3 is 2.68 bits per heavy atom. The van der Waals surface area contributed by atoms with Gasteiger partial charge < -0.3 is 10.1 Å². The van der Waals surface area contributed by atoms with Gasteiger partial charge >= 0.3 is 5.97 Å². The summed E-state index contributed by atoms with van der Waals surface area (Å²) in [6, 6.07) is 0.